The Balaban J connectivity index is 2.87. The van der Waals surface area contributed by atoms with Gasteiger partial charge >= 0.3 is 0 Å². The minimum atomic E-state index is 0.173. The molecule has 0 spiro atoms. The zero-order valence-corrected chi connectivity index (χ0v) is 12.1. The molecule has 0 radical (unpaired) electrons. The molecule has 0 amide bonds. The molecule has 0 aliphatic heterocycles. The largest absolute Gasteiger partial charge is 0.489 e. The van der Waals surface area contributed by atoms with Crippen LogP contribution in [0.1, 0.15) is 26.3 Å². The molecule has 2 nitrogen and oxygen atoms in total. The number of ether oxygens (including phenoxy) is 1. The van der Waals surface area contributed by atoms with E-state index in [-0.39, 0.29) is 6.10 Å². The van der Waals surface area contributed by atoms with E-state index >= 15 is 0 Å². The average molecular weight is 302 g/mol. The van der Waals surface area contributed by atoms with E-state index < -0.39 is 0 Å². The second kappa shape index (κ2) is 5.64. The minimum absolute atomic E-state index is 0.173. The van der Waals surface area contributed by atoms with Crippen LogP contribution in [0.3, 0.4) is 0 Å². The Morgan fingerprint density at radius 3 is 2.44 bits per heavy atom. The van der Waals surface area contributed by atoms with E-state index in [9.17, 15) is 0 Å². The van der Waals surface area contributed by atoms with Gasteiger partial charge in [0.15, 0.2) is 0 Å². The first-order valence-electron chi connectivity index (χ1n) is 5.18. The van der Waals surface area contributed by atoms with Crippen molar-refractivity contribution < 1.29 is 4.74 Å². The molecular formula is C12H16BrNOS. The summed E-state index contributed by atoms with van der Waals surface area (Å²) in [6.07, 6.45) is 0.173. The molecule has 4 heteroatoms. The predicted octanol–water partition coefficient (Wildman–Crippen LogP) is 3.51. The van der Waals surface area contributed by atoms with Crippen molar-refractivity contribution in [2.24, 2.45) is 11.7 Å². The van der Waals surface area contributed by atoms with Crippen molar-refractivity contribution >= 4 is 33.1 Å². The summed E-state index contributed by atoms with van der Waals surface area (Å²) < 4.78 is 6.69. The summed E-state index contributed by atoms with van der Waals surface area (Å²) in [7, 11) is 0. The summed E-state index contributed by atoms with van der Waals surface area (Å²) in [6.45, 7) is 6.31. The van der Waals surface area contributed by atoms with Crippen LogP contribution in [0.4, 0.5) is 0 Å². The normalized spacial score (nSPS) is 12.6. The van der Waals surface area contributed by atoms with Gasteiger partial charge < -0.3 is 10.5 Å². The van der Waals surface area contributed by atoms with Gasteiger partial charge in [0.1, 0.15) is 10.7 Å². The van der Waals surface area contributed by atoms with Gasteiger partial charge in [-0.2, -0.15) is 0 Å². The van der Waals surface area contributed by atoms with Gasteiger partial charge in [-0.15, -0.1) is 0 Å². The summed E-state index contributed by atoms with van der Waals surface area (Å²) in [5.41, 5.74) is 6.39. The third-order valence-electron chi connectivity index (χ3n) is 2.47. The molecule has 1 atom stereocenters. The lowest BCUT2D eigenvalue weighted by Gasteiger charge is -2.19. The highest BCUT2D eigenvalue weighted by molar-refractivity contribution is 9.10. The number of hydrogen-bond donors (Lipinski definition) is 1. The smallest absolute Gasteiger partial charge is 0.133 e. The number of nitrogens with two attached hydrogens (primary N) is 1. The molecule has 1 unspecified atom stereocenters. The van der Waals surface area contributed by atoms with Crippen LogP contribution in [0.25, 0.3) is 0 Å². The topological polar surface area (TPSA) is 35.2 Å². The van der Waals surface area contributed by atoms with Crippen LogP contribution in [0, 0.1) is 5.92 Å². The fraction of sp³-hybridized carbons (Fsp3) is 0.417. The third-order valence-corrected chi connectivity index (χ3v) is 3.32. The maximum absolute atomic E-state index is 5.81. The van der Waals surface area contributed by atoms with Crippen LogP contribution < -0.4 is 10.5 Å². The van der Waals surface area contributed by atoms with Gasteiger partial charge in [-0.25, -0.2) is 0 Å². The fourth-order valence-electron chi connectivity index (χ4n) is 1.09. The van der Waals surface area contributed by atoms with Crippen LogP contribution in [-0.4, -0.2) is 11.1 Å². The zero-order chi connectivity index (χ0) is 12.3. The highest BCUT2D eigenvalue weighted by atomic mass is 79.9. The second-order valence-corrected chi connectivity index (χ2v) is 5.37. The standard InChI is InChI=1S/C12H16BrNOS/c1-7(2)8(3)15-11-5-4-9(12(14)16)6-10(11)13/h4-8H,1-3H3,(H2,14,16). The summed E-state index contributed by atoms with van der Waals surface area (Å²) in [5, 5.41) is 0. The van der Waals surface area contributed by atoms with E-state index in [0.29, 0.717) is 10.9 Å². The molecule has 1 aromatic carbocycles. The Kier molecular flexibility index (Phi) is 4.74. The molecular weight excluding hydrogens is 286 g/mol. The first kappa shape index (κ1) is 13.5. The molecule has 0 heterocycles. The second-order valence-electron chi connectivity index (χ2n) is 4.08. The lowest BCUT2D eigenvalue weighted by Crippen LogP contribution is -2.19. The summed E-state index contributed by atoms with van der Waals surface area (Å²) in [4.78, 5) is 0.393. The Hall–Kier alpha value is -0.610. The predicted molar refractivity (Wildman–Crippen MR) is 75.0 cm³/mol. The summed E-state index contributed by atoms with van der Waals surface area (Å²) in [5.74, 6) is 1.29. The van der Waals surface area contributed by atoms with Crippen molar-refractivity contribution in [3.8, 4) is 5.75 Å². The number of benzene rings is 1. The molecule has 1 aromatic rings. The monoisotopic (exact) mass is 301 g/mol. The highest BCUT2D eigenvalue weighted by Gasteiger charge is 2.11. The number of thiocarbonyl (C=S) groups is 1. The van der Waals surface area contributed by atoms with Crippen molar-refractivity contribution in [2.75, 3.05) is 0 Å². The van der Waals surface area contributed by atoms with Crippen molar-refractivity contribution in [1.29, 1.82) is 0 Å². The van der Waals surface area contributed by atoms with Crippen molar-refractivity contribution in [3.05, 3.63) is 28.2 Å². The first-order valence-corrected chi connectivity index (χ1v) is 6.38. The zero-order valence-electron chi connectivity index (χ0n) is 9.66. The average Bonchev–Trinajstić information content (AvgIpc) is 2.20. The minimum Gasteiger partial charge on any atom is -0.489 e. The van der Waals surface area contributed by atoms with Crippen LogP contribution in [0.2, 0.25) is 0 Å². The van der Waals surface area contributed by atoms with E-state index in [1.165, 1.54) is 0 Å². The van der Waals surface area contributed by atoms with Gasteiger partial charge in [-0.05, 0) is 47.0 Å². The number of rotatable bonds is 4. The van der Waals surface area contributed by atoms with Gasteiger partial charge in [-0.1, -0.05) is 26.1 Å². The van der Waals surface area contributed by atoms with Crippen LogP contribution in [0.15, 0.2) is 22.7 Å². The maximum atomic E-state index is 5.81. The molecule has 0 aliphatic rings. The quantitative estimate of drug-likeness (QED) is 0.865. The summed E-state index contributed by atoms with van der Waals surface area (Å²) >= 11 is 8.36. The molecule has 0 saturated heterocycles. The Bertz CT molecular complexity index is 393. The number of hydrogen-bond acceptors (Lipinski definition) is 2. The van der Waals surface area contributed by atoms with Crippen LogP contribution in [0.5, 0.6) is 5.75 Å². The highest BCUT2D eigenvalue weighted by Crippen LogP contribution is 2.27. The first-order chi connectivity index (χ1) is 7.41. The molecule has 88 valence electrons. The van der Waals surface area contributed by atoms with Crippen molar-refractivity contribution in [1.82, 2.24) is 0 Å². The van der Waals surface area contributed by atoms with E-state index in [1.54, 1.807) is 0 Å². The Labute approximate surface area is 110 Å². The molecule has 16 heavy (non-hydrogen) atoms. The SMILES string of the molecule is CC(C)C(C)Oc1ccc(C(N)=S)cc1Br. The van der Waals surface area contributed by atoms with E-state index in [1.807, 2.05) is 18.2 Å². The fourth-order valence-corrected chi connectivity index (χ4v) is 1.69. The molecule has 0 aliphatic carbocycles. The van der Waals surface area contributed by atoms with E-state index in [0.717, 1.165) is 15.8 Å². The van der Waals surface area contributed by atoms with E-state index in [2.05, 4.69) is 36.7 Å². The molecule has 0 bridgehead atoms. The van der Waals surface area contributed by atoms with Gasteiger partial charge in [0.2, 0.25) is 0 Å². The number of halogens is 1. The Morgan fingerprint density at radius 2 is 2.00 bits per heavy atom. The molecule has 1 rings (SSSR count). The van der Waals surface area contributed by atoms with E-state index in [4.69, 9.17) is 22.7 Å². The maximum Gasteiger partial charge on any atom is 0.133 e. The van der Waals surface area contributed by atoms with Gasteiger partial charge in [0.05, 0.1) is 10.6 Å². The third kappa shape index (κ3) is 3.46. The van der Waals surface area contributed by atoms with Crippen LogP contribution in [-0.2, 0) is 0 Å². The van der Waals surface area contributed by atoms with Crippen molar-refractivity contribution in [3.63, 3.8) is 0 Å². The lowest BCUT2D eigenvalue weighted by molar-refractivity contribution is 0.169. The summed E-state index contributed by atoms with van der Waals surface area (Å²) in [6, 6.07) is 5.64. The van der Waals surface area contributed by atoms with Crippen LogP contribution >= 0.6 is 28.1 Å². The molecule has 0 fully saturated rings. The Morgan fingerprint density at radius 1 is 1.38 bits per heavy atom. The van der Waals surface area contributed by atoms with Crippen molar-refractivity contribution in [2.45, 2.75) is 26.9 Å². The van der Waals surface area contributed by atoms with Gasteiger partial charge in [-0.3, -0.25) is 0 Å². The molecule has 0 saturated carbocycles. The van der Waals surface area contributed by atoms with Gasteiger partial charge in [0, 0.05) is 5.56 Å². The molecule has 0 aromatic heterocycles. The van der Waals surface area contributed by atoms with Gasteiger partial charge in [0.25, 0.3) is 0 Å². The lowest BCUT2D eigenvalue weighted by atomic mass is 10.1. The molecule has 2 N–H and O–H groups in total.